The van der Waals surface area contributed by atoms with Crippen LogP contribution in [0.3, 0.4) is 0 Å². The number of nitrogens with zero attached hydrogens (tertiary/aromatic N) is 2. The quantitative estimate of drug-likeness (QED) is 0.547. The van der Waals surface area contributed by atoms with E-state index in [1.54, 1.807) is 16.8 Å². The van der Waals surface area contributed by atoms with Crippen LogP contribution in [0.25, 0.3) is 10.8 Å². The number of carbonyl (C=O) groups is 1. The first-order valence-electron chi connectivity index (χ1n) is 9.87. The Kier molecular flexibility index (Phi) is 4.82. The molecule has 2 amide bonds. The molecule has 3 aromatic rings. The Morgan fingerprint density at radius 3 is 2.61 bits per heavy atom. The number of benzene rings is 2. The van der Waals surface area contributed by atoms with Gasteiger partial charge < -0.3 is 20.1 Å². The molecule has 2 aliphatic rings. The van der Waals surface area contributed by atoms with E-state index in [1.165, 1.54) is 0 Å². The fourth-order valence-electron chi connectivity index (χ4n) is 4.53. The highest BCUT2D eigenvalue weighted by Crippen LogP contribution is 2.34. The second kappa shape index (κ2) is 7.42. The molecule has 6 nitrogen and oxygen atoms in total. The maximum absolute atomic E-state index is 14.1. The summed E-state index contributed by atoms with van der Waals surface area (Å²) in [6.07, 6.45) is 0. The molecule has 5 rings (SSSR count). The van der Waals surface area contributed by atoms with Gasteiger partial charge in [0.2, 0.25) is 0 Å². The number of pyridine rings is 1. The zero-order valence-electron chi connectivity index (χ0n) is 16.6. The lowest BCUT2D eigenvalue weighted by Crippen LogP contribution is -2.46. The Hall–Kier alpha value is -2.78. The van der Waals surface area contributed by atoms with Gasteiger partial charge in [0.25, 0.3) is 5.56 Å². The molecule has 0 spiro atoms. The van der Waals surface area contributed by atoms with Gasteiger partial charge in [0.1, 0.15) is 0 Å². The van der Waals surface area contributed by atoms with Gasteiger partial charge in [0, 0.05) is 49.0 Å². The summed E-state index contributed by atoms with van der Waals surface area (Å²) >= 11 is 3.46. The van der Waals surface area contributed by atoms with E-state index in [4.69, 9.17) is 0 Å². The largest absolute Gasteiger partial charge is 0.324 e. The average molecular weight is 489 g/mol. The molecular weight excluding hydrogens is 470 g/mol. The molecule has 9 heteroatoms. The number of urea groups is 1. The normalized spacial score (nSPS) is 17.5. The van der Waals surface area contributed by atoms with E-state index in [9.17, 15) is 18.4 Å². The predicted molar refractivity (Wildman–Crippen MR) is 115 cm³/mol. The molecule has 0 saturated heterocycles. The summed E-state index contributed by atoms with van der Waals surface area (Å²) in [6, 6.07) is 7.31. The Balaban J connectivity index is 1.53. The number of rotatable bonds is 1. The van der Waals surface area contributed by atoms with E-state index in [2.05, 4.69) is 26.2 Å². The first-order valence-corrected chi connectivity index (χ1v) is 10.7. The van der Waals surface area contributed by atoms with Crippen LogP contribution in [-0.4, -0.2) is 34.4 Å². The van der Waals surface area contributed by atoms with Gasteiger partial charge in [-0.25, -0.2) is 13.6 Å². The Morgan fingerprint density at radius 2 is 1.84 bits per heavy atom. The number of fused-ring (bicyclic) bond motifs is 4. The molecule has 0 fully saturated rings. The maximum atomic E-state index is 14.1. The molecule has 1 atom stereocenters. The zero-order valence-corrected chi connectivity index (χ0v) is 18.2. The van der Waals surface area contributed by atoms with Gasteiger partial charge in [-0.3, -0.25) is 4.79 Å². The lowest BCUT2D eigenvalue weighted by molar-refractivity contribution is 0.143. The molecule has 0 bridgehead atoms. The van der Waals surface area contributed by atoms with Crippen LogP contribution in [0.5, 0.6) is 0 Å². The highest BCUT2D eigenvalue weighted by atomic mass is 79.9. The van der Waals surface area contributed by atoms with Gasteiger partial charge in [-0.1, -0.05) is 22.0 Å². The van der Waals surface area contributed by atoms with Crippen molar-refractivity contribution in [3.8, 4) is 0 Å². The minimum absolute atomic E-state index is 0.0730. The highest BCUT2D eigenvalue weighted by molar-refractivity contribution is 9.10. The Morgan fingerprint density at radius 1 is 1.13 bits per heavy atom. The number of H-pyrrole nitrogens is 1. The van der Waals surface area contributed by atoms with Crippen LogP contribution in [0.15, 0.2) is 39.6 Å². The molecule has 3 heterocycles. The van der Waals surface area contributed by atoms with E-state index in [0.717, 1.165) is 27.7 Å². The topological polar surface area (TPSA) is 68.4 Å². The highest BCUT2D eigenvalue weighted by Gasteiger charge is 2.34. The third-order valence-corrected chi connectivity index (χ3v) is 6.58. The average Bonchev–Trinajstić information content (AvgIpc) is 3.17. The molecule has 1 aromatic heterocycles. The summed E-state index contributed by atoms with van der Waals surface area (Å²) in [4.78, 5) is 31.9. The molecule has 0 aliphatic carbocycles. The van der Waals surface area contributed by atoms with Crippen LogP contribution >= 0.6 is 15.9 Å². The molecule has 2 aliphatic heterocycles. The molecule has 0 unspecified atom stereocenters. The van der Waals surface area contributed by atoms with E-state index in [-0.39, 0.29) is 11.4 Å². The lowest BCUT2D eigenvalue weighted by atomic mass is 9.94. The number of aromatic amines is 1. The molecule has 0 radical (unpaired) electrons. The maximum Gasteiger partial charge on any atom is 0.320 e. The Labute approximate surface area is 185 Å². The van der Waals surface area contributed by atoms with Gasteiger partial charge in [0.05, 0.1) is 11.4 Å². The van der Waals surface area contributed by atoms with Crippen molar-refractivity contribution in [2.75, 3.05) is 13.6 Å². The summed E-state index contributed by atoms with van der Waals surface area (Å²) in [5.74, 6) is -2.10. The van der Waals surface area contributed by atoms with E-state index >= 15 is 0 Å². The van der Waals surface area contributed by atoms with Crippen molar-refractivity contribution >= 4 is 32.7 Å². The summed E-state index contributed by atoms with van der Waals surface area (Å²) in [5.41, 5.74) is 2.92. The molecular formula is C22H19BrF2N4O2. The number of aromatic nitrogens is 1. The van der Waals surface area contributed by atoms with E-state index in [0.29, 0.717) is 42.8 Å². The minimum Gasteiger partial charge on any atom is -0.324 e. The number of carbonyl (C=O) groups excluding carboxylic acids is 1. The van der Waals surface area contributed by atoms with Crippen LogP contribution in [0.4, 0.5) is 13.6 Å². The van der Waals surface area contributed by atoms with Crippen LogP contribution in [0.2, 0.25) is 0 Å². The SMILES string of the molecule is CN(C(=O)N1Cc2ccc(Br)cc2C1)[C@H]1CNCc2[nH]c(=O)c3cc(F)c(F)cc3c21. The van der Waals surface area contributed by atoms with Gasteiger partial charge >= 0.3 is 6.03 Å². The number of likely N-dealkylation sites (N-methyl/N-ethyl adjacent to an activating group) is 1. The Bertz CT molecular complexity index is 1290. The first kappa shape index (κ1) is 20.1. The second-order valence-corrected chi connectivity index (χ2v) is 8.88. The fourth-order valence-corrected chi connectivity index (χ4v) is 4.94. The van der Waals surface area contributed by atoms with Crippen molar-refractivity contribution < 1.29 is 13.6 Å². The van der Waals surface area contributed by atoms with Crippen molar-refractivity contribution in [3.63, 3.8) is 0 Å². The minimum atomic E-state index is -1.08. The number of hydrogen-bond donors (Lipinski definition) is 2. The number of amides is 2. The summed E-state index contributed by atoms with van der Waals surface area (Å²) in [7, 11) is 1.69. The van der Waals surface area contributed by atoms with Crippen molar-refractivity contribution in [3.05, 3.63) is 79.2 Å². The standard InChI is InChI=1S/C22H19BrF2N4O2/c1-28(22(31)29-9-11-2-3-13(23)4-12(11)10-29)19-8-26-7-18-20(19)14-5-16(24)17(25)6-15(14)21(30)27-18/h2-6,19,26H,7-10H2,1H3,(H,27,30)/t19-/m0/s1. The monoisotopic (exact) mass is 488 g/mol. The van der Waals surface area contributed by atoms with Crippen LogP contribution in [-0.2, 0) is 19.6 Å². The molecule has 2 aromatic carbocycles. The van der Waals surface area contributed by atoms with E-state index in [1.807, 2.05) is 18.2 Å². The van der Waals surface area contributed by atoms with Gasteiger partial charge in [0.15, 0.2) is 11.6 Å². The first-order chi connectivity index (χ1) is 14.8. The number of halogens is 3. The van der Waals surface area contributed by atoms with Crippen molar-refractivity contribution in [1.82, 2.24) is 20.1 Å². The fraction of sp³-hybridized carbons (Fsp3) is 0.273. The van der Waals surface area contributed by atoms with Crippen molar-refractivity contribution in [2.45, 2.75) is 25.7 Å². The van der Waals surface area contributed by atoms with Crippen LogP contribution in [0.1, 0.15) is 28.4 Å². The summed E-state index contributed by atoms with van der Waals surface area (Å²) in [6.45, 7) is 1.81. The predicted octanol–water partition coefficient (Wildman–Crippen LogP) is 3.78. The van der Waals surface area contributed by atoms with Crippen molar-refractivity contribution in [1.29, 1.82) is 0 Å². The number of hydrogen-bond acceptors (Lipinski definition) is 3. The van der Waals surface area contributed by atoms with Crippen LogP contribution < -0.4 is 10.9 Å². The van der Waals surface area contributed by atoms with E-state index < -0.39 is 23.2 Å². The summed E-state index contributed by atoms with van der Waals surface area (Å²) < 4.78 is 28.8. The zero-order chi connectivity index (χ0) is 21.9. The second-order valence-electron chi connectivity index (χ2n) is 7.97. The van der Waals surface area contributed by atoms with Gasteiger partial charge in [-0.2, -0.15) is 0 Å². The number of nitrogens with one attached hydrogen (secondary N) is 2. The molecule has 0 saturated carbocycles. The summed E-state index contributed by atoms with van der Waals surface area (Å²) in [5, 5.41) is 3.61. The van der Waals surface area contributed by atoms with Crippen LogP contribution in [0, 0.1) is 11.6 Å². The third-order valence-electron chi connectivity index (χ3n) is 6.09. The third kappa shape index (κ3) is 3.32. The van der Waals surface area contributed by atoms with Crippen molar-refractivity contribution in [2.24, 2.45) is 0 Å². The van der Waals surface area contributed by atoms with Gasteiger partial charge in [-0.05, 0) is 40.8 Å². The molecule has 2 N–H and O–H groups in total. The lowest BCUT2D eigenvalue weighted by Gasteiger charge is -2.36. The van der Waals surface area contributed by atoms with Gasteiger partial charge in [-0.15, -0.1) is 0 Å². The smallest absolute Gasteiger partial charge is 0.320 e. The molecule has 160 valence electrons. The molecule has 31 heavy (non-hydrogen) atoms.